The van der Waals surface area contributed by atoms with Gasteiger partial charge >= 0.3 is 98.6 Å². The van der Waals surface area contributed by atoms with Gasteiger partial charge in [0.1, 0.15) is 0 Å². The third-order valence-electron chi connectivity index (χ3n) is 6.49. The van der Waals surface area contributed by atoms with E-state index < -0.39 is 11.9 Å². The Kier molecular flexibility index (Phi) is 51.3. The first-order valence-corrected chi connectivity index (χ1v) is 15.0. The van der Waals surface area contributed by atoms with Crippen LogP contribution in [0.4, 0.5) is 0 Å². The molecule has 0 spiro atoms. The first-order chi connectivity index (χ1) is 16.5. The monoisotopic (exact) mass is 666 g/mol. The summed E-state index contributed by atoms with van der Waals surface area (Å²) < 4.78 is 0. The van der Waals surface area contributed by atoms with Gasteiger partial charge in [-0.15, -0.1) is 0 Å². The van der Waals surface area contributed by atoms with E-state index in [1.165, 1.54) is 128 Å². The van der Waals surface area contributed by atoms with Crippen LogP contribution in [0.25, 0.3) is 0 Å². The molecule has 0 aliphatic rings. The molecule has 0 heterocycles. The Morgan fingerprint density at radius 3 is 0.750 bits per heavy atom. The molecule has 0 saturated heterocycles. The number of carboxylic acids is 2. The van der Waals surface area contributed by atoms with Gasteiger partial charge in [0.25, 0.3) is 0 Å². The summed E-state index contributed by atoms with van der Waals surface area (Å²) in [6.07, 6.45) is 31.7. The summed E-state index contributed by atoms with van der Waals surface area (Å²) in [6, 6.07) is 0. The molecule has 0 aromatic carbocycles. The third-order valence-corrected chi connectivity index (χ3v) is 6.49. The quantitative estimate of drug-likeness (QED) is 0.0712. The fraction of sp³-hybridized carbons (Fsp3) is 0.933. The van der Waals surface area contributed by atoms with Gasteiger partial charge in [0.2, 0.25) is 0 Å². The molecular weight excluding hydrogens is 602 g/mol. The van der Waals surface area contributed by atoms with Crippen molar-refractivity contribution in [2.75, 3.05) is 0 Å². The Morgan fingerprint density at radius 2 is 0.583 bits per heavy atom. The van der Waals surface area contributed by atoms with Crippen LogP contribution in [0.15, 0.2) is 0 Å². The average Bonchev–Trinajstić information content (AvgIpc) is 2.80. The molecule has 0 rings (SSSR count). The zero-order valence-electron chi connectivity index (χ0n) is 28.5. The molecule has 6 heteroatoms. The molecule has 0 fully saturated rings. The van der Waals surface area contributed by atoms with Crippen LogP contribution in [0.1, 0.15) is 186 Å². The Bertz CT molecular complexity index is 441. The Balaban J connectivity index is -0.0000000773. The first kappa shape index (κ1) is 44.8. The SMILES string of the molecule is CCCCCCCCCCCC(=O)O.CCCCCCCCCCCCCCCCCC(=O)O.[Ba+2].[Ca+2].[H-].[H-].[H-].[H-]. The molecule has 0 aromatic rings. The van der Waals surface area contributed by atoms with Gasteiger partial charge in [0.05, 0.1) is 0 Å². The molecule has 0 atom stereocenters. The average molecular weight is 666 g/mol. The number of rotatable bonds is 26. The third kappa shape index (κ3) is 48.8. The zero-order valence-corrected chi connectivity index (χ0v) is 31.2. The molecular formula is C30H64BaCaO4. The second-order valence-corrected chi connectivity index (χ2v) is 10.1. The maximum absolute atomic E-state index is 10.3. The number of hydrogen-bond acceptors (Lipinski definition) is 2. The minimum absolute atomic E-state index is 0. The van der Waals surface area contributed by atoms with Crippen molar-refractivity contribution in [1.82, 2.24) is 0 Å². The van der Waals surface area contributed by atoms with Crippen molar-refractivity contribution in [1.29, 1.82) is 0 Å². The molecule has 0 bridgehead atoms. The Labute approximate surface area is 301 Å². The molecule has 0 aromatic heterocycles. The van der Waals surface area contributed by atoms with Gasteiger partial charge in [-0.3, -0.25) is 9.59 Å². The maximum atomic E-state index is 10.3. The normalized spacial score (nSPS) is 10.1. The fourth-order valence-corrected chi connectivity index (χ4v) is 4.23. The molecule has 0 saturated carbocycles. The van der Waals surface area contributed by atoms with Crippen molar-refractivity contribution < 1.29 is 25.5 Å². The van der Waals surface area contributed by atoms with E-state index in [1.54, 1.807) is 0 Å². The largest absolute Gasteiger partial charge is 2.00 e. The van der Waals surface area contributed by atoms with Crippen molar-refractivity contribution in [2.24, 2.45) is 0 Å². The van der Waals surface area contributed by atoms with E-state index in [9.17, 15) is 9.59 Å². The summed E-state index contributed by atoms with van der Waals surface area (Å²) >= 11 is 0. The minimum atomic E-state index is -0.659. The number of aliphatic carboxylic acids is 2. The van der Waals surface area contributed by atoms with Crippen LogP contribution >= 0.6 is 0 Å². The van der Waals surface area contributed by atoms with Gasteiger partial charge in [-0.1, -0.05) is 155 Å². The molecule has 0 aliphatic carbocycles. The Morgan fingerprint density at radius 1 is 0.417 bits per heavy atom. The van der Waals surface area contributed by atoms with E-state index in [4.69, 9.17) is 10.2 Å². The second kappa shape index (κ2) is 41.3. The fourth-order valence-electron chi connectivity index (χ4n) is 4.23. The zero-order chi connectivity index (χ0) is 25.5. The molecule has 2 N–H and O–H groups in total. The van der Waals surface area contributed by atoms with Crippen molar-refractivity contribution in [3.8, 4) is 0 Å². The molecule has 4 nitrogen and oxygen atoms in total. The van der Waals surface area contributed by atoms with Crippen molar-refractivity contribution in [2.45, 2.75) is 181 Å². The summed E-state index contributed by atoms with van der Waals surface area (Å²) in [6.45, 7) is 4.50. The van der Waals surface area contributed by atoms with E-state index in [1.807, 2.05) is 0 Å². The molecule has 0 aliphatic heterocycles. The number of hydrogen-bond donors (Lipinski definition) is 2. The molecule has 0 radical (unpaired) electrons. The van der Waals surface area contributed by atoms with E-state index in [2.05, 4.69) is 13.8 Å². The van der Waals surface area contributed by atoms with Gasteiger partial charge < -0.3 is 15.9 Å². The summed E-state index contributed by atoms with van der Waals surface area (Å²) in [5.74, 6) is -1.31. The molecule has 0 unspecified atom stereocenters. The van der Waals surface area contributed by atoms with Crippen LogP contribution in [-0.2, 0) is 9.59 Å². The van der Waals surface area contributed by atoms with E-state index in [0.717, 1.165) is 25.7 Å². The van der Waals surface area contributed by atoms with Gasteiger partial charge in [0.15, 0.2) is 0 Å². The van der Waals surface area contributed by atoms with E-state index in [0.29, 0.717) is 12.8 Å². The second-order valence-electron chi connectivity index (χ2n) is 10.1. The van der Waals surface area contributed by atoms with Gasteiger partial charge in [-0.05, 0) is 12.8 Å². The maximum Gasteiger partial charge on any atom is 2.00 e. The van der Waals surface area contributed by atoms with Crippen molar-refractivity contribution >= 4 is 98.6 Å². The first-order valence-electron chi connectivity index (χ1n) is 15.0. The van der Waals surface area contributed by atoms with Crippen LogP contribution in [-0.4, -0.2) is 109 Å². The van der Waals surface area contributed by atoms with Crippen LogP contribution in [0.2, 0.25) is 0 Å². The number of unbranched alkanes of at least 4 members (excludes halogenated alkanes) is 22. The Hall–Kier alpha value is 1.77. The van der Waals surface area contributed by atoms with Crippen molar-refractivity contribution in [3.05, 3.63) is 0 Å². The van der Waals surface area contributed by atoms with Crippen LogP contribution in [0.3, 0.4) is 0 Å². The minimum Gasteiger partial charge on any atom is -1.00 e. The smallest absolute Gasteiger partial charge is 1.00 e. The number of carboxylic acid groups (broad SMARTS) is 2. The van der Waals surface area contributed by atoms with Crippen LogP contribution < -0.4 is 0 Å². The van der Waals surface area contributed by atoms with Crippen LogP contribution in [0.5, 0.6) is 0 Å². The summed E-state index contributed by atoms with van der Waals surface area (Å²) in [7, 11) is 0. The van der Waals surface area contributed by atoms with E-state index >= 15 is 0 Å². The summed E-state index contributed by atoms with van der Waals surface area (Å²) in [5.41, 5.74) is 0. The topological polar surface area (TPSA) is 74.6 Å². The molecule has 212 valence electrons. The van der Waals surface area contributed by atoms with Gasteiger partial charge in [-0.25, -0.2) is 0 Å². The van der Waals surface area contributed by atoms with Crippen LogP contribution in [0, 0.1) is 0 Å². The summed E-state index contributed by atoms with van der Waals surface area (Å²) in [4.78, 5) is 20.5. The summed E-state index contributed by atoms with van der Waals surface area (Å²) in [5, 5.41) is 16.9. The number of carbonyl (C=O) groups is 2. The standard InChI is InChI=1S/C18H36O2.C12H24O2.Ba.Ca.4H/c1-2-3-4-5-6-7-8-9-10-11-12-13-14-15-16-17-18(19)20;1-2-3-4-5-6-7-8-9-10-11-12(13)14;;;;;;/h2-17H2,1H3,(H,19,20);2-11H2,1H3,(H,13,14);;;;;;/q;;2*+2;4*-1. The predicted molar refractivity (Wildman–Crippen MR) is 163 cm³/mol. The predicted octanol–water partition coefficient (Wildman–Crippen LogP) is 10.0. The molecule has 36 heavy (non-hydrogen) atoms. The van der Waals surface area contributed by atoms with E-state index in [-0.39, 0.29) is 92.3 Å². The van der Waals surface area contributed by atoms with Crippen molar-refractivity contribution in [3.63, 3.8) is 0 Å². The van der Waals surface area contributed by atoms with Gasteiger partial charge in [0, 0.05) is 12.8 Å². The molecule has 0 amide bonds. The van der Waals surface area contributed by atoms with Gasteiger partial charge in [-0.2, -0.15) is 0 Å².